The van der Waals surface area contributed by atoms with Gasteiger partial charge in [0, 0.05) is 49.2 Å². The Hall–Kier alpha value is -8.83. The van der Waals surface area contributed by atoms with Crippen LogP contribution in [-0.2, 0) is 72.0 Å². The van der Waals surface area contributed by atoms with E-state index in [1.807, 2.05) is 0 Å². The van der Waals surface area contributed by atoms with Crippen molar-refractivity contribution in [1.29, 1.82) is 0 Å². The highest BCUT2D eigenvalue weighted by atomic mass is 16.4. The normalized spacial score (nSPS) is 22.5. The number of aliphatic carboxylic acids is 2. The van der Waals surface area contributed by atoms with E-state index in [2.05, 4.69) is 52.8 Å². The highest BCUT2D eigenvalue weighted by Gasteiger charge is 2.34. The standard InChI is InChI=1S/C51H62N10O14/c1-27(2)44-51(75)60-39(23-31-24-52-34-12-8-7-11-33(31)34)47(71)54-25-40(63)56-35(17-19-42(65)66)49(73)58-36(18-20-43(67)68)48(72)55-28(3)45(69)59-37(22-30-13-15-32(62)16-14-30)46(70)53-26-41(64)57-38(50(74)61-44)21-29-9-5-4-6-10-29/h4-16,24,27-28,35-39,44,52,62H,17-23,25-26H2,1-3H3,(H,53,70)(H,54,71)(H,55,72)(H,56,63)(H,57,64)(H,58,73)(H,59,69)(H,60,75)(H,61,74)(H,65,66)(H,67,68)/t28-,35+,36+,37+,38+,39+,44+/m1/s1. The fourth-order valence-electron chi connectivity index (χ4n) is 8.01. The van der Waals surface area contributed by atoms with E-state index in [0.717, 1.165) is 0 Å². The zero-order valence-electron chi connectivity index (χ0n) is 41.4. The van der Waals surface area contributed by atoms with Crippen molar-refractivity contribution in [3.05, 3.63) is 102 Å². The van der Waals surface area contributed by atoms with Gasteiger partial charge in [-0.05, 0) is 60.6 Å². The number of carboxylic acids is 2. The molecule has 75 heavy (non-hydrogen) atoms. The van der Waals surface area contributed by atoms with Crippen LogP contribution in [0.5, 0.6) is 5.75 Å². The van der Waals surface area contributed by atoms with Gasteiger partial charge >= 0.3 is 11.9 Å². The zero-order chi connectivity index (χ0) is 54.8. The third kappa shape index (κ3) is 17.7. The first-order valence-corrected chi connectivity index (χ1v) is 24.1. The molecule has 7 atom stereocenters. The number of phenolic OH excluding ortho intramolecular Hbond substituents is 1. The first kappa shape index (κ1) is 57.1. The fourth-order valence-corrected chi connectivity index (χ4v) is 8.01. The summed E-state index contributed by atoms with van der Waals surface area (Å²) in [6, 6.07) is 11.0. The molecule has 5 rings (SSSR count). The molecule has 0 bridgehead atoms. The zero-order valence-corrected chi connectivity index (χ0v) is 41.4. The third-order valence-corrected chi connectivity index (χ3v) is 12.1. The molecule has 13 N–H and O–H groups in total. The summed E-state index contributed by atoms with van der Waals surface area (Å²) in [6.45, 7) is 2.96. The largest absolute Gasteiger partial charge is 0.508 e. The van der Waals surface area contributed by atoms with Crippen molar-refractivity contribution in [3.8, 4) is 5.75 Å². The predicted octanol–water partition coefficient (Wildman–Crippen LogP) is -1.05. The second-order valence-electron chi connectivity index (χ2n) is 18.3. The maximum atomic E-state index is 14.3. The fraction of sp³-hybridized carbons (Fsp3) is 0.392. The molecule has 1 aliphatic heterocycles. The SMILES string of the molecule is CC(C)[C@@H]1NC(=O)[C@H](Cc2ccccc2)NC(=O)CNC(=O)[C@H](Cc2ccc(O)cc2)NC(=O)[C@@H](C)NC(=O)[C@H](CCC(=O)O)NC(=O)[C@H](CCC(=O)O)NC(=O)CNC(=O)[C@H](Cc2c[nH]c3ccccc23)NC1=O. The molecule has 400 valence electrons. The molecular formula is C51H62N10O14. The lowest BCUT2D eigenvalue weighted by molar-refractivity contribution is -0.140. The average molecular weight is 1040 g/mol. The van der Waals surface area contributed by atoms with Crippen LogP contribution < -0.4 is 47.9 Å². The number of aromatic nitrogens is 1. The lowest BCUT2D eigenvalue weighted by Gasteiger charge is -2.27. The van der Waals surface area contributed by atoms with Crippen LogP contribution in [0.4, 0.5) is 0 Å². The van der Waals surface area contributed by atoms with Gasteiger partial charge in [-0.3, -0.25) is 52.7 Å². The van der Waals surface area contributed by atoms with Gasteiger partial charge in [-0.2, -0.15) is 0 Å². The third-order valence-electron chi connectivity index (χ3n) is 12.1. The maximum Gasteiger partial charge on any atom is 0.303 e. The van der Waals surface area contributed by atoms with E-state index in [4.69, 9.17) is 0 Å². The van der Waals surface area contributed by atoms with Crippen molar-refractivity contribution in [1.82, 2.24) is 52.8 Å². The van der Waals surface area contributed by atoms with Crippen LogP contribution in [0, 0.1) is 5.92 Å². The predicted molar refractivity (Wildman–Crippen MR) is 268 cm³/mol. The quantitative estimate of drug-likeness (QED) is 0.0760. The van der Waals surface area contributed by atoms with Crippen LogP contribution in [0.25, 0.3) is 10.9 Å². The van der Waals surface area contributed by atoms with Crippen molar-refractivity contribution in [2.45, 2.75) is 108 Å². The lowest BCUT2D eigenvalue weighted by Crippen LogP contribution is -2.59. The second-order valence-corrected chi connectivity index (χ2v) is 18.3. The highest BCUT2D eigenvalue weighted by molar-refractivity contribution is 5.99. The number of H-pyrrole nitrogens is 1. The Balaban J connectivity index is 1.51. The molecule has 9 amide bonds. The van der Waals surface area contributed by atoms with E-state index in [1.54, 1.807) is 74.6 Å². The highest BCUT2D eigenvalue weighted by Crippen LogP contribution is 2.20. The van der Waals surface area contributed by atoms with Crippen molar-refractivity contribution in [3.63, 3.8) is 0 Å². The number of hydrogen-bond acceptors (Lipinski definition) is 12. The minimum absolute atomic E-state index is 0.0783. The van der Waals surface area contributed by atoms with Gasteiger partial charge < -0.3 is 68.2 Å². The van der Waals surface area contributed by atoms with Gasteiger partial charge in [0.1, 0.15) is 48.0 Å². The lowest BCUT2D eigenvalue weighted by atomic mass is 9.99. The van der Waals surface area contributed by atoms with Crippen molar-refractivity contribution in [2.75, 3.05) is 13.1 Å². The summed E-state index contributed by atoms with van der Waals surface area (Å²) in [5.41, 5.74) is 2.35. The molecule has 3 aromatic carbocycles. The van der Waals surface area contributed by atoms with E-state index in [1.165, 1.54) is 31.2 Å². The van der Waals surface area contributed by atoms with Gasteiger partial charge in [0.05, 0.1) is 13.1 Å². The number of rotatable bonds is 13. The average Bonchev–Trinajstić information content (AvgIpc) is 3.78. The molecule has 0 aliphatic carbocycles. The Bertz CT molecular complexity index is 2730. The number of aromatic hydroxyl groups is 1. The molecule has 1 aliphatic rings. The summed E-state index contributed by atoms with van der Waals surface area (Å²) in [5, 5.41) is 52.0. The number of carbonyl (C=O) groups excluding carboxylic acids is 9. The Labute approximate surface area is 430 Å². The number of nitrogens with one attached hydrogen (secondary N) is 10. The van der Waals surface area contributed by atoms with E-state index in [0.29, 0.717) is 27.6 Å². The second kappa shape index (κ2) is 27.3. The van der Waals surface area contributed by atoms with Gasteiger partial charge in [-0.1, -0.05) is 74.5 Å². The molecular weight excluding hydrogens is 977 g/mol. The number of phenols is 1. The van der Waals surface area contributed by atoms with Crippen LogP contribution in [0.1, 0.15) is 63.1 Å². The number of amides is 9. The van der Waals surface area contributed by atoms with E-state index >= 15 is 0 Å². The van der Waals surface area contributed by atoms with Gasteiger partial charge in [0.15, 0.2) is 0 Å². The number of carboxylic acid groups (broad SMARTS) is 2. The number of para-hydroxylation sites is 1. The molecule has 4 aromatic rings. The molecule has 0 unspecified atom stereocenters. The Morgan fingerprint density at radius 1 is 0.520 bits per heavy atom. The Kier molecular flexibility index (Phi) is 20.8. The number of aromatic amines is 1. The van der Waals surface area contributed by atoms with Gasteiger partial charge in [0.25, 0.3) is 0 Å². The van der Waals surface area contributed by atoms with Crippen LogP contribution in [-0.4, -0.2) is 141 Å². The first-order chi connectivity index (χ1) is 35.7. The van der Waals surface area contributed by atoms with Crippen LogP contribution in [0.2, 0.25) is 0 Å². The number of fused-ring (bicyclic) bond motifs is 1. The van der Waals surface area contributed by atoms with Crippen molar-refractivity contribution in [2.24, 2.45) is 5.92 Å². The first-order valence-electron chi connectivity index (χ1n) is 24.1. The van der Waals surface area contributed by atoms with Crippen LogP contribution in [0.3, 0.4) is 0 Å². The minimum atomic E-state index is -1.68. The maximum absolute atomic E-state index is 14.3. The minimum Gasteiger partial charge on any atom is -0.508 e. The van der Waals surface area contributed by atoms with Gasteiger partial charge in [0.2, 0.25) is 53.2 Å². The Morgan fingerprint density at radius 2 is 0.987 bits per heavy atom. The van der Waals surface area contributed by atoms with E-state index in [-0.39, 0.29) is 25.0 Å². The van der Waals surface area contributed by atoms with E-state index < -0.39 is 152 Å². The Morgan fingerprint density at radius 3 is 1.57 bits per heavy atom. The van der Waals surface area contributed by atoms with Gasteiger partial charge in [-0.25, -0.2) is 0 Å². The van der Waals surface area contributed by atoms with E-state index in [9.17, 15) is 68.1 Å². The molecule has 1 fully saturated rings. The molecule has 0 radical (unpaired) electrons. The summed E-state index contributed by atoms with van der Waals surface area (Å²) in [4.78, 5) is 151. The summed E-state index contributed by atoms with van der Waals surface area (Å²) in [7, 11) is 0. The number of hydrogen-bond donors (Lipinski definition) is 13. The molecule has 1 saturated heterocycles. The molecule has 0 saturated carbocycles. The molecule has 24 nitrogen and oxygen atoms in total. The van der Waals surface area contributed by atoms with Crippen LogP contribution >= 0.6 is 0 Å². The summed E-state index contributed by atoms with van der Waals surface area (Å²) in [6.07, 6.45) is -1.21. The topological polar surface area (TPSA) is 373 Å². The molecule has 24 heteroatoms. The van der Waals surface area contributed by atoms with Crippen molar-refractivity contribution >= 4 is 76.0 Å². The molecule has 0 spiro atoms. The number of benzene rings is 3. The van der Waals surface area contributed by atoms with Crippen LogP contribution in [0.15, 0.2) is 85.1 Å². The molecule has 2 heterocycles. The number of carbonyl (C=O) groups is 11. The summed E-state index contributed by atoms with van der Waals surface area (Å²) < 4.78 is 0. The summed E-state index contributed by atoms with van der Waals surface area (Å²) in [5.74, 6) is -11.9. The van der Waals surface area contributed by atoms with Crippen molar-refractivity contribution < 1.29 is 68.1 Å². The smallest absolute Gasteiger partial charge is 0.303 e. The van der Waals surface area contributed by atoms with Gasteiger partial charge in [-0.15, -0.1) is 0 Å². The monoisotopic (exact) mass is 1040 g/mol. The summed E-state index contributed by atoms with van der Waals surface area (Å²) >= 11 is 0. The molecule has 1 aromatic heterocycles.